The summed E-state index contributed by atoms with van der Waals surface area (Å²) in [6.45, 7) is 19.2. The highest BCUT2D eigenvalue weighted by Gasteiger charge is 2.48. The first-order valence-electron chi connectivity index (χ1n) is 11.0. The largest absolute Gasteiger partial charge is 0.358 e. The molecule has 0 aliphatic rings. The molecule has 3 aromatic rings. The molecule has 3 rings (SSSR count). The summed E-state index contributed by atoms with van der Waals surface area (Å²) in [6.07, 6.45) is 0. The van der Waals surface area contributed by atoms with Crippen molar-refractivity contribution in [3.05, 3.63) is 58.7 Å². The van der Waals surface area contributed by atoms with Crippen molar-refractivity contribution < 1.29 is 0 Å². The van der Waals surface area contributed by atoms with E-state index in [1.54, 1.807) is 0 Å². The van der Waals surface area contributed by atoms with Crippen LogP contribution in [0.3, 0.4) is 0 Å². The lowest BCUT2D eigenvalue weighted by Crippen LogP contribution is -2.55. The van der Waals surface area contributed by atoms with Gasteiger partial charge in [-0.1, -0.05) is 113 Å². The van der Waals surface area contributed by atoms with Gasteiger partial charge >= 0.3 is 0 Å². The zero-order valence-electron chi connectivity index (χ0n) is 19.6. The number of hydrogen-bond donors (Lipinski definition) is 0. The van der Waals surface area contributed by atoms with Crippen molar-refractivity contribution in [1.29, 1.82) is 0 Å². The van der Waals surface area contributed by atoms with Gasteiger partial charge in [-0.2, -0.15) is 0 Å². The highest BCUT2D eigenvalue weighted by molar-refractivity contribution is 7.03. The average Bonchev–Trinajstić information content (AvgIpc) is 2.94. The van der Waals surface area contributed by atoms with E-state index in [1.807, 2.05) is 6.07 Å². The molecule has 0 aliphatic carbocycles. The van der Waals surface area contributed by atoms with Crippen LogP contribution >= 0.6 is 23.2 Å². The number of rotatable bonds is 6. The molecule has 1 aromatic heterocycles. The Labute approximate surface area is 194 Å². The van der Waals surface area contributed by atoms with Gasteiger partial charge < -0.3 is 4.23 Å². The number of nitrogens with zero attached hydrogens (tertiary/aromatic N) is 1. The third kappa shape index (κ3) is 3.52. The molecule has 0 N–H and O–H groups in total. The first-order valence-corrected chi connectivity index (χ1v) is 17.0. The zero-order chi connectivity index (χ0) is 22.4. The van der Waals surface area contributed by atoms with Crippen LogP contribution in [0.15, 0.2) is 48.5 Å². The van der Waals surface area contributed by atoms with Crippen molar-refractivity contribution in [3.63, 3.8) is 0 Å². The van der Waals surface area contributed by atoms with Gasteiger partial charge in [-0.3, -0.25) is 0 Å². The van der Waals surface area contributed by atoms with E-state index in [2.05, 4.69) is 101 Å². The van der Waals surface area contributed by atoms with Gasteiger partial charge in [0.15, 0.2) is 8.24 Å². The maximum Gasteiger partial charge on any atom is 0.171 e. The molecule has 0 unspecified atom stereocenters. The second-order valence-electron chi connectivity index (χ2n) is 10.0. The van der Waals surface area contributed by atoms with Crippen molar-refractivity contribution >= 4 is 60.8 Å². The number of hydrogen-bond acceptors (Lipinski definition) is 0. The minimum Gasteiger partial charge on any atom is -0.358 e. The topological polar surface area (TPSA) is 4.93 Å². The summed E-state index contributed by atoms with van der Waals surface area (Å²) < 4.78 is 2.60. The lowest BCUT2D eigenvalue weighted by Gasteiger charge is -2.45. The first kappa shape index (κ1) is 23.7. The summed E-state index contributed by atoms with van der Waals surface area (Å²) in [7, 11) is -4.06. The van der Waals surface area contributed by atoms with Gasteiger partial charge in [-0.05, 0) is 40.0 Å². The van der Waals surface area contributed by atoms with Gasteiger partial charge in [0.05, 0.1) is 0 Å². The molecule has 162 valence electrons. The Morgan fingerprint density at radius 1 is 0.767 bits per heavy atom. The zero-order valence-corrected chi connectivity index (χ0v) is 23.1. The number of benzene rings is 2. The van der Waals surface area contributed by atoms with E-state index in [1.165, 1.54) is 21.3 Å². The van der Waals surface area contributed by atoms with Gasteiger partial charge in [0, 0.05) is 15.9 Å². The van der Waals surface area contributed by atoms with Crippen LogP contribution < -0.4 is 10.4 Å². The van der Waals surface area contributed by atoms with Gasteiger partial charge in [0.2, 0.25) is 0 Å². The van der Waals surface area contributed by atoms with Crippen LogP contribution in [0.25, 0.3) is 10.9 Å². The van der Waals surface area contributed by atoms with Gasteiger partial charge in [0.1, 0.15) is 13.2 Å². The summed E-state index contributed by atoms with van der Waals surface area (Å²) in [5.41, 5.74) is 2.96. The lowest BCUT2D eigenvalue weighted by molar-refractivity contribution is 0.773. The van der Waals surface area contributed by atoms with Crippen LogP contribution in [-0.4, -0.2) is 20.5 Å². The third-order valence-electron chi connectivity index (χ3n) is 7.15. The Bertz CT molecular complexity index is 1010. The molecule has 1 nitrogen and oxygen atoms in total. The van der Waals surface area contributed by atoms with Gasteiger partial charge in [-0.15, -0.1) is 0 Å². The minimum absolute atomic E-state index is 0.565. The molecule has 0 saturated carbocycles. The Balaban J connectivity index is 2.49. The molecule has 0 saturated heterocycles. The Kier molecular flexibility index (Phi) is 6.70. The van der Waals surface area contributed by atoms with E-state index in [0.29, 0.717) is 16.6 Å². The third-order valence-corrected chi connectivity index (χ3v) is 18.4. The molecule has 0 bridgehead atoms. The number of fused-ring (bicyclic) bond motifs is 1. The van der Waals surface area contributed by atoms with Crippen LogP contribution in [0.2, 0.25) is 39.9 Å². The average molecular weight is 477 g/mol. The van der Waals surface area contributed by atoms with E-state index < -0.39 is 16.3 Å². The van der Waals surface area contributed by atoms with E-state index in [0.717, 1.165) is 10.2 Å². The minimum atomic E-state index is -2.04. The fourth-order valence-corrected chi connectivity index (χ4v) is 17.0. The van der Waals surface area contributed by atoms with Crippen molar-refractivity contribution in [2.75, 3.05) is 0 Å². The molecule has 0 radical (unpaired) electrons. The molecule has 30 heavy (non-hydrogen) atoms. The fourth-order valence-electron chi connectivity index (χ4n) is 5.98. The van der Waals surface area contributed by atoms with Gasteiger partial charge in [0.25, 0.3) is 0 Å². The smallest absolute Gasteiger partial charge is 0.171 e. The summed E-state index contributed by atoms with van der Waals surface area (Å²) in [4.78, 5) is 0. The van der Waals surface area contributed by atoms with Crippen LogP contribution in [0.4, 0.5) is 0 Å². The number of halogens is 2. The molecule has 2 aromatic carbocycles. The van der Waals surface area contributed by atoms with Crippen molar-refractivity contribution in [3.8, 4) is 0 Å². The summed E-state index contributed by atoms with van der Waals surface area (Å²) in [5, 5.41) is 5.70. The molecular formula is C25H35Cl2NSi2. The van der Waals surface area contributed by atoms with E-state index >= 15 is 0 Å². The second-order valence-corrected chi connectivity index (χ2v) is 20.8. The molecule has 1 heterocycles. The van der Waals surface area contributed by atoms with E-state index in [-0.39, 0.29) is 0 Å². The van der Waals surface area contributed by atoms with Crippen molar-refractivity contribution in [1.82, 2.24) is 4.23 Å². The van der Waals surface area contributed by atoms with Crippen LogP contribution in [-0.2, 0) is 0 Å². The maximum absolute atomic E-state index is 7.44. The predicted molar refractivity (Wildman–Crippen MR) is 142 cm³/mol. The molecule has 0 amide bonds. The Morgan fingerprint density at radius 2 is 1.30 bits per heavy atom. The molecule has 5 heteroatoms. The van der Waals surface area contributed by atoms with Gasteiger partial charge in [-0.25, -0.2) is 0 Å². The van der Waals surface area contributed by atoms with Crippen LogP contribution in [0.5, 0.6) is 0 Å². The summed E-state index contributed by atoms with van der Waals surface area (Å²) in [5.74, 6) is 0. The first-order chi connectivity index (χ1) is 14.0. The van der Waals surface area contributed by atoms with Crippen LogP contribution in [0.1, 0.15) is 41.5 Å². The Hall–Kier alpha value is -1.01. The second kappa shape index (κ2) is 8.50. The quantitative estimate of drug-likeness (QED) is 0.320. The highest BCUT2D eigenvalue weighted by atomic mass is 35.5. The van der Waals surface area contributed by atoms with E-state index in [9.17, 15) is 0 Å². The van der Waals surface area contributed by atoms with Crippen molar-refractivity contribution in [2.45, 2.75) is 71.3 Å². The summed E-state index contributed by atoms with van der Waals surface area (Å²) >= 11 is 14.0. The molecule has 0 fully saturated rings. The standard InChI is InChI=1S/C25H35Cl2NSi2/c1-17(2)30(18(3)4,19(5)6)28-23-15-14-20(26)16-22(23)24(25(28)27)29(7,8)21-12-10-9-11-13-21/h9-19H,1-8H3. The lowest BCUT2D eigenvalue weighted by atomic mass is 10.2. The molecule has 0 atom stereocenters. The number of aromatic nitrogens is 1. The SMILES string of the molecule is CC(C)[Si](C(C)C)(C(C)C)n1c(Cl)c([Si](C)(C)c2ccccc2)c2cc(Cl)ccc21. The van der Waals surface area contributed by atoms with Crippen molar-refractivity contribution in [2.24, 2.45) is 0 Å². The molecule has 0 aliphatic heterocycles. The normalized spacial score (nSPS) is 13.2. The summed E-state index contributed by atoms with van der Waals surface area (Å²) in [6, 6.07) is 17.3. The molecular weight excluding hydrogens is 441 g/mol. The predicted octanol–water partition coefficient (Wildman–Crippen LogP) is 7.79. The maximum atomic E-state index is 7.44. The van der Waals surface area contributed by atoms with E-state index in [4.69, 9.17) is 23.2 Å². The van der Waals surface area contributed by atoms with Crippen LogP contribution in [0, 0.1) is 0 Å². The molecule has 0 spiro atoms. The highest BCUT2D eigenvalue weighted by Crippen LogP contribution is 2.46. The Morgan fingerprint density at radius 3 is 1.80 bits per heavy atom. The monoisotopic (exact) mass is 475 g/mol. The fraction of sp³-hybridized carbons (Fsp3) is 0.440.